The lowest BCUT2D eigenvalue weighted by Gasteiger charge is -2.38. The van der Waals surface area contributed by atoms with Gasteiger partial charge in [0.25, 0.3) is 0 Å². The summed E-state index contributed by atoms with van der Waals surface area (Å²) in [4.78, 5) is 25.4. The highest BCUT2D eigenvalue weighted by Crippen LogP contribution is 2.34. The molecule has 1 aliphatic heterocycles. The summed E-state index contributed by atoms with van der Waals surface area (Å²) in [6.07, 6.45) is 2.20. The molecule has 0 aromatic carbocycles. The van der Waals surface area contributed by atoms with Crippen molar-refractivity contribution in [3.05, 3.63) is 0 Å². The molecule has 1 N–H and O–H groups in total. The summed E-state index contributed by atoms with van der Waals surface area (Å²) in [7, 11) is 0. The Morgan fingerprint density at radius 3 is 2.56 bits per heavy atom. The lowest BCUT2D eigenvalue weighted by molar-refractivity contribution is -0.155. The number of morpholine rings is 1. The molecule has 5 heteroatoms. The lowest BCUT2D eigenvalue weighted by Crippen LogP contribution is -2.52. The first-order valence-electron chi connectivity index (χ1n) is 6.65. The molecule has 0 aromatic rings. The third kappa shape index (κ3) is 2.51. The molecule has 2 fully saturated rings. The fraction of sp³-hybridized carbons (Fsp3) is 0.846. The number of carbonyl (C=O) groups excluding carboxylic acids is 1. The molecule has 1 aliphatic carbocycles. The number of hydrogen-bond acceptors (Lipinski definition) is 3. The first-order valence-corrected chi connectivity index (χ1v) is 6.65. The van der Waals surface area contributed by atoms with Crippen molar-refractivity contribution in [2.24, 2.45) is 11.8 Å². The van der Waals surface area contributed by atoms with Gasteiger partial charge >= 0.3 is 5.97 Å². The van der Waals surface area contributed by atoms with Crippen LogP contribution in [-0.4, -0.2) is 47.2 Å². The molecule has 18 heavy (non-hydrogen) atoms. The quantitative estimate of drug-likeness (QED) is 0.803. The number of carbonyl (C=O) groups is 2. The largest absolute Gasteiger partial charge is 0.481 e. The molecule has 1 heterocycles. The van der Waals surface area contributed by atoms with Gasteiger partial charge in [0.15, 0.2) is 0 Å². The Labute approximate surface area is 107 Å². The number of aliphatic carboxylic acids is 1. The van der Waals surface area contributed by atoms with Crippen molar-refractivity contribution in [3.63, 3.8) is 0 Å². The van der Waals surface area contributed by atoms with Crippen LogP contribution in [0.15, 0.2) is 0 Å². The van der Waals surface area contributed by atoms with Gasteiger partial charge in [-0.1, -0.05) is 6.42 Å². The van der Waals surface area contributed by atoms with Gasteiger partial charge in [-0.25, -0.2) is 0 Å². The minimum atomic E-state index is -0.834. The fourth-order valence-corrected chi connectivity index (χ4v) is 2.97. The van der Waals surface area contributed by atoms with E-state index in [-0.39, 0.29) is 24.0 Å². The van der Waals surface area contributed by atoms with Gasteiger partial charge in [0.05, 0.1) is 30.6 Å². The Morgan fingerprint density at radius 1 is 1.22 bits per heavy atom. The molecule has 5 nitrogen and oxygen atoms in total. The number of carboxylic acid groups (broad SMARTS) is 1. The molecule has 2 rings (SSSR count). The van der Waals surface area contributed by atoms with Gasteiger partial charge in [0.2, 0.25) is 5.91 Å². The van der Waals surface area contributed by atoms with E-state index in [9.17, 15) is 9.59 Å². The van der Waals surface area contributed by atoms with Crippen molar-refractivity contribution in [2.45, 2.75) is 45.3 Å². The van der Waals surface area contributed by atoms with Gasteiger partial charge in [0, 0.05) is 6.54 Å². The van der Waals surface area contributed by atoms with E-state index in [4.69, 9.17) is 9.84 Å². The SMILES string of the molecule is CC1CN(C(=O)[C@@H]2CCC[C@@H]2C(=O)O)C(C)CO1. The first-order chi connectivity index (χ1) is 8.50. The maximum atomic E-state index is 12.5. The van der Waals surface area contributed by atoms with Crippen LogP contribution in [0.5, 0.6) is 0 Å². The van der Waals surface area contributed by atoms with Crippen molar-refractivity contribution in [3.8, 4) is 0 Å². The van der Waals surface area contributed by atoms with Crippen LogP contribution >= 0.6 is 0 Å². The van der Waals surface area contributed by atoms with E-state index in [1.165, 1.54) is 0 Å². The average molecular weight is 255 g/mol. The molecule has 2 aliphatic rings. The number of hydrogen-bond donors (Lipinski definition) is 1. The second-order valence-corrected chi connectivity index (χ2v) is 5.47. The number of nitrogens with zero attached hydrogens (tertiary/aromatic N) is 1. The van der Waals surface area contributed by atoms with Crippen molar-refractivity contribution in [1.29, 1.82) is 0 Å². The topological polar surface area (TPSA) is 66.8 Å². The van der Waals surface area contributed by atoms with Crippen molar-refractivity contribution < 1.29 is 19.4 Å². The highest BCUT2D eigenvalue weighted by Gasteiger charge is 2.41. The second-order valence-electron chi connectivity index (χ2n) is 5.47. The maximum Gasteiger partial charge on any atom is 0.307 e. The van der Waals surface area contributed by atoms with Gasteiger partial charge in [-0.3, -0.25) is 9.59 Å². The Hall–Kier alpha value is -1.10. The Balaban J connectivity index is 2.07. The minimum Gasteiger partial charge on any atom is -0.481 e. The van der Waals surface area contributed by atoms with Gasteiger partial charge in [0.1, 0.15) is 0 Å². The van der Waals surface area contributed by atoms with Gasteiger partial charge in [-0.15, -0.1) is 0 Å². The summed E-state index contributed by atoms with van der Waals surface area (Å²) in [6.45, 7) is 5.00. The van der Waals surface area contributed by atoms with Crippen LogP contribution in [0.25, 0.3) is 0 Å². The zero-order valence-corrected chi connectivity index (χ0v) is 11.0. The number of rotatable bonds is 2. The Kier molecular flexibility index (Phi) is 3.90. The van der Waals surface area contributed by atoms with Gasteiger partial charge < -0.3 is 14.7 Å². The van der Waals surface area contributed by atoms with E-state index < -0.39 is 11.9 Å². The zero-order valence-electron chi connectivity index (χ0n) is 11.0. The fourth-order valence-electron chi connectivity index (χ4n) is 2.97. The number of carboxylic acids is 1. The highest BCUT2D eigenvalue weighted by molar-refractivity contribution is 5.85. The van der Waals surface area contributed by atoms with Crippen LogP contribution in [0.4, 0.5) is 0 Å². The standard InChI is InChI=1S/C13H21NO4/c1-8-7-18-9(2)6-14(8)12(15)10-4-3-5-11(10)13(16)17/h8-11H,3-7H2,1-2H3,(H,16,17)/t8?,9?,10-,11+/m1/s1. The smallest absolute Gasteiger partial charge is 0.307 e. The summed E-state index contributed by atoms with van der Waals surface area (Å²) in [5.41, 5.74) is 0. The number of amides is 1. The third-order valence-corrected chi connectivity index (χ3v) is 4.04. The van der Waals surface area contributed by atoms with Crippen molar-refractivity contribution in [1.82, 2.24) is 4.90 Å². The van der Waals surface area contributed by atoms with E-state index >= 15 is 0 Å². The molecule has 2 unspecified atom stereocenters. The summed E-state index contributed by atoms with van der Waals surface area (Å²) in [5, 5.41) is 9.15. The molecule has 1 saturated carbocycles. The molecule has 1 amide bonds. The Bertz CT molecular complexity index is 344. The molecule has 4 atom stereocenters. The predicted molar refractivity (Wildman–Crippen MR) is 65.1 cm³/mol. The average Bonchev–Trinajstić information content (AvgIpc) is 2.80. The van der Waals surface area contributed by atoms with Crippen LogP contribution in [0, 0.1) is 11.8 Å². The molecular weight excluding hydrogens is 234 g/mol. The highest BCUT2D eigenvalue weighted by atomic mass is 16.5. The van der Waals surface area contributed by atoms with Crippen LogP contribution in [0.2, 0.25) is 0 Å². The van der Waals surface area contributed by atoms with Crippen molar-refractivity contribution in [2.75, 3.05) is 13.2 Å². The lowest BCUT2D eigenvalue weighted by atomic mass is 9.94. The maximum absolute atomic E-state index is 12.5. The molecule has 102 valence electrons. The summed E-state index contributed by atoms with van der Waals surface area (Å²) in [5.74, 6) is -1.67. The van der Waals surface area contributed by atoms with Crippen molar-refractivity contribution >= 4 is 11.9 Å². The van der Waals surface area contributed by atoms with Crippen LogP contribution in [-0.2, 0) is 14.3 Å². The van der Waals surface area contributed by atoms with E-state index in [1.807, 2.05) is 13.8 Å². The molecule has 0 spiro atoms. The first kappa shape index (κ1) is 13.3. The number of ether oxygens (including phenoxy) is 1. The van der Waals surface area contributed by atoms with Crippen LogP contribution in [0.3, 0.4) is 0 Å². The summed E-state index contributed by atoms with van der Waals surface area (Å²) < 4.78 is 5.50. The normalized spacial score (nSPS) is 36.7. The molecule has 0 bridgehead atoms. The van der Waals surface area contributed by atoms with E-state index in [0.717, 1.165) is 6.42 Å². The van der Waals surface area contributed by atoms with E-state index in [1.54, 1.807) is 4.90 Å². The second kappa shape index (κ2) is 5.26. The van der Waals surface area contributed by atoms with E-state index in [0.29, 0.717) is 26.0 Å². The van der Waals surface area contributed by atoms with Gasteiger partial charge in [-0.2, -0.15) is 0 Å². The molecule has 0 aromatic heterocycles. The van der Waals surface area contributed by atoms with Crippen LogP contribution < -0.4 is 0 Å². The summed E-state index contributed by atoms with van der Waals surface area (Å²) in [6, 6.07) is 0.0451. The van der Waals surface area contributed by atoms with E-state index in [2.05, 4.69) is 0 Å². The Morgan fingerprint density at radius 2 is 1.89 bits per heavy atom. The molecule has 0 radical (unpaired) electrons. The third-order valence-electron chi connectivity index (χ3n) is 4.04. The predicted octanol–water partition coefficient (Wildman–Crippen LogP) is 1.12. The zero-order chi connectivity index (χ0) is 13.3. The van der Waals surface area contributed by atoms with Gasteiger partial charge in [-0.05, 0) is 26.7 Å². The van der Waals surface area contributed by atoms with Crippen LogP contribution in [0.1, 0.15) is 33.1 Å². The monoisotopic (exact) mass is 255 g/mol. The minimum absolute atomic E-state index is 0.00236. The summed E-state index contributed by atoms with van der Waals surface area (Å²) >= 11 is 0. The molecular formula is C13H21NO4. The molecule has 1 saturated heterocycles.